The molecule has 0 fully saturated rings. The quantitative estimate of drug-likeness (QED) is 0.602. The Labute approximate surface area is 129 Å². The summed E-state index contributed by atoms with van der Waals surface area (Å²) in [5.41, 5.74) is 0.464. The number of nitrogens with zero attached hydrogens (tertiary/aromatic N) is 5. The van der Waals surface area contributed by atoms with E-state index in [2.05, 4.69) is 15.5 Å². The van der Waals surface area contributed by atoms with E-state index in [0.29, 0.717) is 17.7 Å². The van der Waals surface area contributed by atoms with E-state index in [1.54, 1.807) is 0 Å². The van der Waals surface area contributed by atoms with E-state index in [1.165, 1.54) is 40.7 Å². The third-order valence-electron chi connectivity index (χ3n) is 3.00. The maximum absolute atomic E-state index is 11.4. The van der Waals surface area contributed by atoms with Gasteiger partial charge in [-0.05, 0) is 41.0 Å². The number of nitro groups is 1. The van der Waals surface area contributed by atoms with Crippen LogP contribution < -0.4 is 0 Å². The molecule has 9 nitrogen and oxygen atoms in total. The van der Waals surface area contributed by atoms with Crippen molar-refractivity contribution in [1.82, 2.24) is 20.2 Å². The molecule has 116 valence electrons. The highest BCUT2D eigenvalue weighted by Gasteiger charge is 2.24. The van der Waals surface area contributed by atoms with E-state index in [9.17, 15) is 20.0 Å². The highest BCUT2D eigenvalue weighted by atomic mass is 32.2. The molecule has 0 aliphatic heterocycles. The Bertz CT molecular complexity index is 672. The minimum absolute atomic E-state index is 0.0556. The minimum Gasteiger partial charge on any atom is -0.480 e. The van der Waals surface area contributed by atoms with Gasteiger partial charge in [0.05, 0.1) is 4.92 Å². The van der Waals surface area contributed by atoms with Crippen LogP contribution in [0.5, 0.6) is 0 Å². The first-order valence-electron chi connectivity index (χ1n) is 6.29. The van der Waals surface area contributed by atoms with Gasteiger partial charge < -0.3 is 5.11 Å². The van der Waals surface area contributed by atoms with E-state index in [0.717, 1.165) is 0 Å². The molecule has 0 saturated carbocycles. The number of thioether (sulfide) groups is 1. The normalized spacial score (nSPS) is 12.0. The average Bonchev–Trinajstić information content (AvgIpc) is 2.96. The molecule has 1 N–H and O–H groups in total. The van der Waals surface area contributed by atoms with Gasteiger partial charge in [-0.1, -0.05) is 0 Å². The van der Waals surface area contributed by atoms with Crippen molar-refractivity contribution < 1.29 is 14.8 Å². The first-order valence-corrected chi connectivity index (χ1v) is 7.68. The lowest BCUT2D eigenvalue weighted by Crippen LogP contribution is -2.22. The van der Waals surface area contributed by atoms with Crippen LogP contribution in [-0.4, -0.2) is 48.2 Å². The number of aliphatic carboxylic acids is 1. The predicted molar refractivity (Wildman–Crippen MR) is 79.6 cm³/mol. The predicted octanol–water partition coefficient (Wildman–Crippen LogP) is 1.63. The Hall–Kier alpha value is -2.49. The summed E-state index contributed by atoms with van der Waals surface area (Å²) in [4.78, 5) is 21.6. The topological polar surface area (TPSA) is 124 Å². The number of nitro benzene ring substituents is 1. The number of rotatable bonds is 7. The first-order chi connectivity index (χ1) is 10.5. The third kappa shape index (κ3) is 3.39. The Morgan fingerprint density at radius 3 is 2.68 bits per heavy atom. The third-order valence-corrected chi connectivity index (χ3v) is 3.65. The van der Waals surface area contributed by atoms with Crippen molar-refractivity contribution in [2.45, 2.75) is 12.5 Å². The zero-order chi connectivity index (χ0) is 16.1. The summed E-state index contributed by atoms with van der Waals surface area (Å²) < 4.78 is 1.24. The largest absolute Gasteiger partial charge is 0.480 e. The van der Waals surface area contributed by atoms with E-state index >= 15 is 0 Å². The molecule has 0 radical (unpaired) electrons. The molecule has 1 atom stereocenters. The van der Waals surface area contributed by atoms with Crippen LogP contribution in [0, 0.1) is 10.1 Å². The summed E-state index contributed by atoms with van der Waals surface area (Å²) in [6, 6.07) is 4.76. The molecule has 22 heavy (non-hydrogen) atoms. The second-order valence-corrected chi connectivity index (χ2v) is 5.37. The number of hydrogen-bond donors (Lipinski definition) is 1. The number of hydrogen-bond acceptors (Lipinski definition) is 7. The number of tetrazole rings is 1. The van der Waals surface area contributed by atoms with Gasteiger partial charge in [0.1, 0.15) is 0 Å². The van der Waals surface area contributed by atoms with Crippen LogP contribution in [0.2, 0.25) is 0 Å². The minimum atomic E-state index is -1.02. The fourth-order valence-electron chi connectivity index (χ4n) is 1.91. The molecular weight excluding hydrogens is 310 g/mol. The average molecular weight is 323 g/mol. The molecule has 0 bridgehead atoms. The molecule has 1 unspecified atom stereocenters. The van der Waals surface area contributed by atoms with Crippen molar-refractivity contribution in [2.75, 3.05) is 12.0 Å². The fourth-order valence-corrected chi connectivity index (χ4v) is 2.36. The Morgan fingerprint density at radius 1 is 1.45 bits per heavy atom. The molecule has 1 aromatic heterocycles. The number of aromatic nitrogens is 4. The van der Waals surface area contributed by atoms with Crippen molar-refractivity contribution in [2.24, 2.45) is 0 Å². The van der Waals surface area contributed by atoms with Crippen LogP contribution in [0.25, 0.3) is 11.4 Å². The van der Waals surface area contributed by atoms with Crippen LogP contribution in [0.3, 0.4) is 0 Å². The standard InChI is InChI=1S/C12H13N5O4S/c1-22-7-6-10(12(18)19)16-11(13-14-15-16)8-2-4-9(5-3-8)17(20)21/h2-5,10H,6-7H2,1H3,(H,18,19). The van der Waals surface area contributed by atoms with Gasteiger partial charge in [0.25, 0.3) is 5.69 Å². The number of carboxylic acids is 1. The monoisotopic (exact) mass is 323 g/mol. The van der Waals surface area contributed by atoms with Gasteiger partial charge in [-0.15, -0.1) is 5.10 Å². The lowest BCUT2D eigenvalue weighted by molar-refractivity contribution is -0.384. The van der Waals surface area contributed by atoms with Gasteiger partial charge in [0, 0.05) is 17.7 Å². The smallest absolute Gasteiger partial charge is 0.328 e. The van der Waals surface area contributed by atoms with Gasteiger partial charge in [-0.25, -0.2) is 9.48 Å². The van der Waals surface area contributed by atoms with Crippen LogP contribution in [0.4, 0.5) is 5.69 Å². The van der Waals surface area contributed by atoms with Crippen molar-refractivity contribution in [3.8, 4) is 11.4 Å². The summed E-state index contributed by atoms with van der Waals surface area (Å²) in [7, 11) is 0. The van der Waals surface area contributed by atoms with E-state index in [1.807, 2.05) is 6.26 Å². The molecule has 0 spiro atoms. The molecule has 2 aromatic rings. The Morgan fingerprint density at radius 2 is 2.14 bits per heavy atom. The number of carboxylic acid groups (broad SMARTS) is 1. The van der Waals surface area contributed by atoms with Gasteiger partial charge in [-0.3, -0.25) is 10.1 Å². The van der Waals surface area contributed by atoms with Gasteiger partial charge >= 0.3 is 5.97 Å². The number of benzene rings is 1. The molecule has 2 rings (SSSR count). The fraction of sp³-hybridized carbons (Fsp3) is 0.333. The van der Waals surface area contributed by atoms with Gasteiger partial charge in [-0.2, -0.15) is 11.8 Å². The summed E-state index contributed by atoms with van der Waals surface area (Å²) in [6.45, 7) is 0. The number of non-ortho nitro benzene ring substituents is 1. The summed E-state index contributed by atoms with van der Waals surface area (Å²) in [5.74, 6) is -0.107. The van der Waals surface area contributed by atoms with Crippen molar-refractivity contribution in [3.05, 3.63) is 34.4 Å². The second kappa shape index (κ2) is 6.98. The Kier molecular flexibility index (Phi) is 5.04. The summed E-state index contributed by atoms with van der Waals surface area (Å²) in [6.07, 6.45) is 2.26. The summed E-state index contributed by atoms with van der Waals surface area (Å²) in [5, 5.41) is 31.1. The highest BCUT2D eigenvalue weighted by molar-refractivity contribution is 7.98. The van der Waals surface area contributed by atoms with E-state index in [4.69, 9.17) is 0 Å². The first kappa shape index (κ1) is 15.9. The highest BCUT2D eigenvalue weighted by Crippen LogP contribution is 2.24. The maximum atomic E-state index is 11.4. The van der Waals surface area contributed by atoms with Gasteiger partial charge in [0.15, 0.2) is 11.9 Å². The molecule has 0 aliphatic carbocycles. The molecule has 0 aliphatic rings. The molecule has 1 aromatic carbocycles. The van der Waals surface area contributed by atoms with Gasteiger partial charge in [0.2, 0.25) is 0 Å². The van der Waals surface area contributed by atoms with E-state index in [-0.39, 0.29) is 11.5 Å². The van der Waals surface area contributed by atoms with Crippen LogP contribution >= 0.6 is 11.8 Å². The lowest BCUT2D eigenvalue weighted by Gasteiger charge is -2.13. The zero-order valence-corrected chi connectivity index (χ0v) is 12.4. The van der Waals surface area contributed by atoms with Crippen molar-refractivity contribution in [1.29, 1.82) is 0 Å². The molecule has 10 heteroatoms. The van der Waals surface area contributed by atoms with Crippen LogP contribution in [0.15, 0.2) is 24.3 Å². The molecule has 0 amide bonds. The van der Waals surface area contributed by atoms with Crippen molar-refractivity contribution in [3.63, 3.8) is 0 Å². The van der Waals surface area contributed by atoms with Crippen molar-refractivity contribution >= 4 is 23.4 Å². The SMILES string of the molecule is CSCCC(C(=O)O)n1nnnc1-c1ccc([N+](=O)[O-])cc1. The second-order valence-electron chi connectivity index (χ2n) is 4.39. The molecule has 1 heterocycles. The summed E-state index contributed by atoms with van der Waals surface area (Å²) >= 11 is 1.53. The number of carbonyl (C=O) groups is 1. The lowest BCUT2D eigenvalue weighted by atomic mass is 10.1. The molecular formula is C12H13N5O4S. The van der Waals surface area contributed by atoms with Crippen LogP contribution in [-0.2, 0) is 4.79 Å². The van der Waals surface area contributed by atoms with Crippen LogP contribution in [0.1, 0.15) is 12.5 Å². The van der Waals surface area contributed by atoms with E-state index < -0.39 is 16.9 Å². The Balaban J connectivity index is 2.35. The molecule has 0 saturated heterocycles. The zero-order valence-electron chi connectivity index (χ0n) is 11.6. The maximum Gasteiger partial charge on any atom is 0.328 e.